The Labute approximate surface area is 300 Å². The number of para-hydroxylation sites is 3. The first-order valence-electron chi connectivity index (χ1n) is 17.9. The second kappa shape index (κ2) is 11.3. The highest BCUT2D eigenvalue weighted by Gasteiger charge is 2.22. The van der Waals surface area contributed by atoms with Gasteiger partial charge in [-0.2, -0.15) is 0 Å². The Morgan fingerprint density at radius 2 is 1.00 bits per heavy atom. The number of fused-ring (bicyclic) bond motifs is 11. The molecule has 0 unspecified atom stereocenters. The van der Waals surface area contributed by atoms with E-state index in [9.17, 15) is 0 Å². The van der Waals surface area contributed by atoms with Gasteiger partial charge in [0.1, 0.15) is 11.2 Å². The third-order valence-corrected chi connectivity index (χ3v) is 10.8. The third kappa shape index (κ3) is 4.26. The van der Waals surface area contributed by atoms with Crippen LogP contribution in [0.4, 0.5) is 0 Å². The van der Waals surface area contributed by atoms with Gasteiger partial charge in [0, 0.05) is 32.9 Å². The zero-order valence-corrected chi connectivity index (χ0v) is 28.3. The molecule has 3 aromatic heterocycles. The van der Waals surface area contributed by atoms with E-state index < -0.39 is 0 Å². The van der Waals surface area contributed by atoms with E-state index in [0.717, 1.165) is 67.1 Å². The van der Waals surface area contributed by atoms with E-state index in [4.69, 9.17) is 4.42 Å². The minimum absolute atomic E-state index is 0.906. The molecule has 3 nitrogen and oxygen atoms in total. The highest BCUT2D eigenvalue weighted by atomic mass is 16.3. The van der Waals surface area contributed by atoms with Gasteiger partial charge in [-0.1, -0.05) is 121 Å². The number of hydrogen-bond donors (Lipinski definition) is 0. The SMILES string of the molecule is C1=CCC(c2ccccc2)=CC(c2cccc(-n3c4ccccc4c4c5oc6c(ccc7c6c6ccccc6n7-c6ccccc6)c5ccc43)c2)=C1. The van der Waals surface area contributed by atoms with E-state index >= 15 is 0 Å². The number of allylic oxidation sites excluding steroid dienone is 6. The van der Waals surface area contributed by atoms with Crippen LogP contribution in [0.15, 0.2) is 186 Å². The molecule has 10 aromatic rings. The third-order valence-electron chi connectivity index (χ3n) is 10.8. The first-order valence-corrected chi connectivity index (χ1v) is 17.9. The molecule has 0 radical (unpaired) electrons. The van der Waals surface area contributed by atoms with Crippen LogP contribution in [-0.2, 0) is 0 Å². The number of nitrogens with zero attached hydrogens (tertiary/aromatic N) is 2. The molecule has 0 N–H and O–H groups in total. The standard InChI is InChI=1S/C49H32N2O/c1-3-14-32(15-4-1)33-16-7-8-17-34(30-33)35-18-13-21-37(31-35)51-43-25-12-10-23-41(43)47-45(51)29-27-39-38-26-28-44-46(48(38)52-49(39)47)40-22-9-11-24-42(40)50(44)36-19-5-2-6-20-36/h1-15,17-31H,16H2. The highest BCUT2D eigenvalue weighted by molar-refractivity contribution is 6.29. The van der Waals surface area contributed by atoms with Gasteiger partial charge in [-0.15, -0.1) is 0 Å². The summed E-state index contributed by atoms with van der Waals surface area (Å²) in [4.78, 5) is 0. The fraction of sp³-hybridized carbons (Fsp3) is 0.0204. The molecule has 7 aromatic carbocycles. The topological polar surface area (TPSA) is 23.0 Å². The summed E-state index contributed by atoms with van der Waals surface area (Å²) in [6.45, 7) is 0. The van der Waals surface area contributed by atoms with E-state index in [1.54, 1.807) is 0 Å². The molecule has 1 aliphatic carbocycles. The molecule has 244 valence electrons. The molecule has 0 aliphatic heterocycles. The normalized spacial score (nSPS) is 13.5. The summed E-state index contributed by atoms with van der Waals surface area (Å²) in [6, 6.07) is 56.6. The minimum atomic E-state index is 0.906. The zero-order chi connectivity index (χ0) is 34.2. The maximum Gasteiger partial charge on any atom is 0.145 e. The van der Waals surface area contributed by atoms with Crippen LogP contribution in [0.1, 0.15) is 17.5 Å². The van der Waals surface area contributed by atoms with Crippen molar-refractivity contribution >= 4 is 76.7 Å². The quantitative estimate of drug-likeness (QED) is 0.184. The average molecular weight is 665 g/mol. The molecule has 3 heteroatoms. The Kier molecular flexibility index (Phi) is 6.31. The van der Waals surface area contributed by atoms with Gasteiger partial charge >= 0.3 is 0 Å². The molecule has 3 heterocycles. The molecule has 0 saturated carbocycles. The minimum Gasteiger partial charge on any atom is -0.455 e. The summed E-state index contributed by atoms with van der Waals surface area (Å²) in [7, 11) is 0. The van der Waals surface area contributed by atoms with Crippen molar-refractivity contribution in [2.75, 3.05) is 0 Å². The van der Waals surface area contributed by atoms with Gasteiger partial charge in [0.15, 0.2) is 0 Å². The first kappa shape index (κ1) is 28.9. The van der Waals surface area contributed by atoms with E-state index in [-0.39, 0.29) is 0 Å². The lowest BCUT2D eigenvalue weighted by molar-refractivity contribution is 0.677. The molecule has 0 fully saturated rings. The van der Waals surface area contributed by atoms with Crippen molar-refractivity contribution in [3.8, 4) is 11.4 Å². The van der Waals surface area contributed by atoms with Crippen LogP contribution in [0.3, 0.4) is 0 Å². The molecule has 11 rings (SSSR count). The molecular weight excluding hydrogens is 633 g/mol. The summed E-state index contributed by atoms with van der Waals surface area (Å²) in [5, 5.41) is 6.91. The van der Waals surface area contributed by atoms with E-state index in [1.165, 1.54) is 38.6 Å². The largest absolute Gasteiger partial charge is 0.455 e. The Hall–Kier alpha value is -6.84. The van der Waals surface area contributed by atoms with Crippen molar-refractivity contribution in [1.29, 1.82) is 0 Å². The number of aromatic nitrogens is 2. The lowest BCUT2D eigenvalue weighted by atomic mass is 9.98. The molecule has 0 saturated heterocycles. The molecular formula is C49H32N2O. The Bertz CT molecular complexity index is 3130. The maximum atomic E-state index is 7.13. The fourth-order valence-electron chi connectivity index (χ4n) is 8.45. The van der Waals surface area contributed by atoms with Gasteiger partial charge in [-0.3, -0.25) is 0 Å². The van der Waals surface area contributed by atoms with Crippen LogP contribution in [0, 0.1) is 0 Å². The average Bonchev–Trinajstić information content (AvgIpc) is 3.79. The van der Waals surface area contributed by atoms with Crippen molar-refractivity contribution < 1.29 is 4.42 Å². The van der Waals surface area contributed by atoms with E-state index in [2.05, 4.69) is 191 Å². The predicted molar refractivity (Wildman–Crippen MR) is 219 cm³/mol. The number of benzene rings is 7. The smallest absolute Gasteiger partial charge is 0.145 e. The lowest BCUT2D eigenvalue weighted by Gasteiger charge is -2.11. The van der Waals surface area contributed by atoms with Crippen molar-refractivity contribution in [3.05, 3.63) is 193 Å². The summed E-state index contributed by atoms with van der Waals surface area (Å²) in [6.07, 6.45) is 9.90. The molecule has 0 atom stereocenters. The van der Waals surface area contributed by atoms with Crippen LogP contribution >= 0.6 is 0 Å². The van der Waals surface area contributed by atoms with Gasteiger partial charge < -0.3 is 13.6 Å². The molecule has 0 bridgehead atoms. The highest BCUT2D eigenvalue weighted by Crippen LogP contribution is 2.45. The van der Waals surface area contributed by atoms with Gasteiger partial charge in [-0.25, -0.2) is 0 Å². The summed E-state index contributed by atoms with van der Waals surface area (Å²) in [5.41, 5.74) is 13.7. The second-order valence-electron chi connectivity index (χ2n) is 13.7. The Balaban J connectivity index is 1.15. The van der Waals surface area contributed by atoms with Crippen LogP contribution < -0.4 is 0 Å². The van der Waals surface area contributed by atoms with Crippen LogP contribution in [-0.4, -0.2) is 9.13 Å². The van der Waals surface area contributed by atoms with Gasteiger partial charge in [0.2, 0.25) is 0 Å². The van der Waals surface area contributed by atoms with Crippen molar-refractivity contribution in [2.45, 2.75) is 6.42 Å². The van der Waals surface area contributed by atoms with Gasteiger partial charge in [-0.05, 0) is 89.4 Å². The number of hydrogen-bond acceptors (Lipinski definition) is 1. The zero-order valence-electron chi connectivity index (χ0n) is 28.3. The van der Waals surface area contributed by atoms with E-state index in [0.29, 0.717) is 0 Å². The van der Waals surface area contributed by atoms with Crippen LogP contribution in [0.2, 0.25) is 0 Å². The number of furan rings is 1. The van der Waals surface area contributed by atoms with Gasteiger partial charge in [0.05, 0.1) is 32.8 Å². The van der Waals surface area contributed by atoms with Crippen molar-refractivity contribution in [3.63, 3.8) is 0 Å². The van der Waals surface area contributed by atoms with Crippen LogP contribution in [0.5, 0.6) is 0 Å². The van der Waals surface area contributed by atoms with Crippen LogP contribution in [0.25, 0.3) is 88.1 Å². The predicted octanol–water partition coefficient (Wildman–Crippen LogP) is 13.2. The number of rotatable bonds is 4. The monoisotopic (exact) mass is 664 g/mol. The maximum absolute atomic E-state index is 7.13. The lowest BCUT2D eigenvalue weighted by Crippen LogP contribution is -1.95. The fourth-order valence-corrected chi connectivity index (χ4v) is 8.45. The Morgan fingerprint density at radius 3 is 1.67 bits per heavy atom. The van der Waals surface area contributed by atoms with Crippen molar-refractivity contribution in [2.24, 2.45) is 0 Å². The summed E-state index contributed by atoms with van der Waals surface area (Å²) < 4.78 is 11.9. The summed E-state index contributed by atoms with van der Waals surface area (Å²) >= 11 is 0. The van der Waals surface area contributed by atoms with E-state index in [1.807, 2.05) is 0 Å². The molecule has 0 spiro atoms. The van der Waals surface area contributed by atoms with Gasteiger partial charge in [0.25, 0.3) is 0 Å². The summed E-state index contributed by atoms with van der Waals surface area (Å²) in [5.74, 6) is 0. The molecule has 1 aliphatic rings. The second-order valence-corrected chi connectivity index (χ2v) is 13.7. The van der Waals surface area contributed by atoms with Crippen molar-refractivity contribution in [1.82, 2.24) is 9.13 Å². The first-order chi connectivity index (χ1) is 25.8. The molecule has 0 amide bonds. The Morgan fingerprint density at radius 1 is 0.442 bits per heavy atom. The molecule has 52 heavy (non-hydrogen) atoms.